The standard InChI is InChI=1S/C13H14N2S/c14-13-12-7-2-1-6-11(12)10(9-15-13)5-3-4-8-16/h1-3,5-7,9,16H,4,8H2,(H2,14,15). The normalized spacial score (nSPS) is 11.3. The Morgan fingerprint density at radius 1 is 1.25 bits per heavy atom. The second-order valence-electron chi connectivity index (χ2n) is 3.56. The van der Waals surface area contributed by atoms with Crippen molar-refractivity contribution in [3.63, 3.8) is 0 Å². The molecule has 2 nitrogen and oxygen atoms in total. The lowest BCUT2D eigenvalue weighted by Gasteiger charge is -2.04. The predicted octanol–water partition coefficient (Wildman–Crippen LogP) is 3.15. The molecule has 0 saturated carbocycles. The third-order valence-corrected chi connectivity index (χ3v) is 2.71. The van der Waals surface area contributed by atoms with Gasteiger partial charge in [-0.15, -0.1) is 0 Å². The van der Waals surface area contributed by atoms with Crippen LogP contribution in [0.25, 0.3) is 16.8 Å². The number of benzene rings is 1. The van der Waals surface area contributed by atoms with Crippen LogP contribution in [0.15, 0.2) is 36.5 Å². The molecule has 82 valence electrons. The molecule has 16 heavy (non-hydrogen) atoms. The molecule has 1 aromatic heterocycles. The van der Waals surface area contributed by atoms with Crippen LogP contribution in [0.4, 0.5) is 5.82 Å². The van der Waals surface area contributed by atoms with E-state index in [0.29, 0.717) is 5.82 Å². The van der Waals surface area contributed by atoms with Crippen molar-refractivity contribution in [2.75, 3.05) is 11.5 Å². The van der Waals surface area contributed by atoms with Crippen molar-refractivity contribution in [3.8, 4) is 0 Å². The summed E-state index contributed by atoms with van der Waals surface area (Å²) in [5.74, 6) is 1.44. The largest absolute Gasteiger partial charge is 0.383 e. The topological polar surface area (TPSA) is 38.9 Å². The van der Waals surface area contributed by atoms with Crippen LogP contribution in [0, 0.1) is 0 Å². The second kappa shape index (κ2) is 5.03. The maximum absolute atomic E-state index is 5.83. The number of hydrogen-bond donors (Lipinski definition) is 2. The Bertz CT molecular complexity index is 520. The molecule has 0 radical (unpaired) electrons. The van der Waals surface area contributed by atoms with E-state index in [0.717, 1.165) is 28.5 Å². The van der Waals surface area contributed by atoms with Crippen LogP contribution in [0.5, 0.6) is 0 Å². The van der Waals surface area contributed by atoms with E-state index in [-0.39, 0.29) is 0 Å². The minimum atomic E-state index is 0.585. The SMILES string of the molecule is Nc1ncc(C=CCCS)c2ccccc12. The van der Waals surface area contributed by atoms with E-state index in [2.05, 4.69) is 35.8 Å². The first-order chi connectivity index (χ1) is 7.83. The molecule has 0 aliphatic carbocycles. The van der Waals surface area contributed by atoms with Gasteiger partial charge >= 0.3 is 0 Å². The molecule has 0 aliphatic rings. The molecule has 0 unspecified atom stereocenters. The molecule has 2 N–H and O–H groups in total. The van der Waals surface area contributed by atoms with Gasteiger partial charge < -0.3 is 5.73 Å². The van der Waals surface area contributed by atoms with Crippen molar-refractivity contribution in [2.24, 2.45) is 0 Å². The zero-order chi connectivity index (χ0) is 11.4. The summed E-state index contributed by atoms with van der Waals surface area (Å²) in [5, 5.41) is 2.15. The van der Waals surface area contributed by atoms with Crippen LogP contribution in [-0.4, -0.2) is 10.7 Å². The fourth-order valence-corrected chi connectivity index (χ4v) is 1.80. The summed E-state index contributed by atoms with van der Waals surface area (Å²) in [7, 11) is 0. The first kappa shape index (κ1) is 11.0. The van der Waals surface area contributed by atoms with E-state index in [1.54, 1.807) is 0 Å². The maximum atomic E-state index is 5.83. The Hall–Kier alpha value is -1.48. The molecule has 0 spiro atoms. The molecule has 0 saturated heterocycles. The van der Waals surface area contributed by atoms with Crippen LogP contribution in [-0.2, 0) is 0 Å². The highest BCUT2D eigenvalue weighted by Gasteiger charge is 2.01. The van der Waals surface area contributed by atoms with Gasteiger partial charge in [0.15, 0.2) is 0 Å². The number of pyridine rings is 1. The van der Waals surface area contributed by atoms with Gasteiger partial charge in [0.1, 0.15) is 5.82 Å². The third kappa shape index (κ3) is 2.19. The summed E-state index contributed by atoms with van der Waals surface area (Å²) in [6, 6.07) is 8.04. The summed E-state index contributed by atoms with van der Waals surface area (Å²) in [6.45, 7) is 0. The molecule has 0 aliphatic heterocycles. The lowest BCUT2D eigenvalue weighted by Crippen LogP contribution is -1.92. The number of thiol groups is 1. The van der Waals surface area contributed by atoms with Crippen molar-refractivity contribution in [1.82, 2.24) is 4.98 Å². The Balaban J connectivity index is 2.50. The number of allylic oxidation sites excluding steroid dienone is 1. The number of nitrogens with two attached hydrogens (primary N) is 1. The quantitative estimate of drug-likeness (QED) is 0.795. The second-order valence-corrected chi connectivity index (χ2v) is 4.01. The summed E-state index contributed by atoms with van der Waals surface area (Å²) in [5.41, 5.74) is 6.94. The van der Waals surface area contributed by atoms with Crippen LogP contribution >= 0.6 is 12.6 Å². The molecule has 2 rings (SSSR count). The summed E-state index contributed by atoms with van der Waals surface area (Å²) in [6.07, 6.45) is 6.95. The number of nitrogens with zero attached hydrogens (tertiary/aromatic N) is 1. The Labute approximate surface area is 101 Å². The molecule has 2 aromatic rings. The summed E-state index contributed by atoms with van der Waals surface area (Å²) < 4.78 is 0. The number of aromatic nitrogens is 1. The minimum absolute atomic E-state index is 0.585. The number of hydrogen-bond acceptors (Lipinski definition) is 3. The van der Waals surface area contributed by atoms with Crippen LogP contribution < -0.4 is 5.73 Å². The fourth-order valence-electron chi connectivity index (χ4n) is 1.65. The molecule has 0 amide bonds. The van der Waals surface area contributed by atoms with Gasteiger partial charge in [-0.2, -0.15) is 12.6 Å². The van der Waals surface area contributed by atoms with Crippen LogP contribution in [0.1, 0.15) is 12.0 Å². The summed E-state index contributed by atoms with van der Waals surface area (Å²) >= 11 is 4.17. The van der Waals surface area contributed by atoms with Crippen molar-refractivity contribution in [1.29, 1.82) is 0 Å². The van der Waals surface area contributed by atoms with Gasteiger partial charge in [-0.05, 0) is 17.6 Å². The van der Waals surface area contributed by atoms with Gasteiger partial charge in [-0.25, -0.2) is 4.98 Å². The van der Waals surface area contributed by atoms with Crippen molar-refractivity contribution < 1.29 is 0 Å². The molecule has 1 aromatic carbocycles. The van der Waals surface area contributed by atoms with Gasteiger partial charge in [0.2, 0.25) is 0 Å². The lowest BCUT2D eigenvalue weighted by atomic mass is 10.1. The molecule has 0 fully saturated rings. The van der Waals surface area contributed by atoms with Gasteiger partial charge in [-0.3, -0.25) is 0 Å². The maximum Gasteiger partial charge on any atom is 0.131 e. The van der Waals surface area contributed by atoms with Gasteiger partial charge in [0, 0.05) is 17.1 Å². The average molecular weight is 230 g/mol. The third-order valence-electron chi connectivity index (χ3n) is 2.45. The highest BCUT2D eigenvalue weighted by Crippen LogP contribution is 2.23. The molecule has 1 heterocycles. The number of rotatable bonds is 3. The fraction of sp³-hybridized carbons (Fsp3) is 0.154. The Morgan fingerprint density at radius 3 is 2.75 bits per heavy atom. The Morgan fingerprint density at radius 2 is 2.00 bits per heavy atom. The summed E-state index contributed by atoms with van der Waals surface area (Å²) in [4.78, 5) is 4.19. The highest BCUT2D eigenvalue weighted by molar-refractivity contribution is 7.80. The smallest absolute Gasteiger partial charge is 0.131 e. The number of anilines is 1. The van der Waals surface area contributed by atoms with Gasteiger partial charge in [-0.1, -0.05) is 36.4 Å². The molecule has 0 atom stereocenters. The van der Waals surface area contributed by atoms with E-state index in [1.165, 1.54) is 0 Å². The van der Waals surface area contributed by atoms with E-state index in [4.69, 9.17) is 5.73 Å². The number of nitrogen functional groups attached to an aromatic ring is 1. The molecular weight excluding hydrogens is 216 g/mol. The molecule has 0 bridgehead atoms. The van der Waals surface area contributed by atoms with Crippen molar-refractivity contribution in [3.05, 3.63) is 42.1 Å². The minimum Gasteiger partial charge on any atom is -0.383 e. The molecular formula is C13H14N2S. The first-order valence-corrected chi connectivity index (χ1v) is 5.87. The average Bonchev–Trinajstić information content (AvgIpc) is 2.33. The lowest BCUT2D eigenvalue weighted by molar-refractivity contribution is 1.26. The zero-order valence-electron chi connectivity index (χ0n) is 8.93. The van der Waals surface area contributed by atoms with Crippen LogP contribution in [0.3, 0.4) is 0 Å². The highest BCUT2D eigenvalue weighted by atomic mass is 32.1. The van der Waals surface area contributed by atoms with E-state index in [9.17, 15) is 0 Å². The molecule has 3 heteroatoms. The van der Waals surface area contributed by atoms with Crippen molar-refractivity contribution in [2.45, 2.75) is 6.42 Å². The Kier molecular flexibility index (Phi) is 3.47. The van der Waals surface area contributed by atoms with E-state index >= 15 is 0 Å². The first-order valence-electron chi connectivity index (χ1n) is 5.23. The van der Waals surface area contributed by atoms with Crippen molar-refractivity contribution >= 4 is 35.3 Å². The monoisotopic (exact) mass is 230 g/mol. The van der Waals surface area contributed by atoms with Crippen LogP contribution in [0.2, 0.25) is 0 Å². The van der Waals surface area contributed by atoms with Gasteiger partial charge in [0.25, 0.3) is 0 Å². The van der Waals surface area contributed by atoms with E-state index in [1.807, 2.05) is 24.4 Å². The van der Waals surface area contributed by atoms with E-state index < -0.39 is 0 Å². The number of fused-ring (bicyclic) bond motifs is 1. The predicted molar refractivity (Wildman–Crippen MR) is 73.7 cm³/mol. The zero-order valence-corrected chi connectivity index (χ0v) is 9.82. The van der Waals surface area contributed by atoms with Gasteiger partial charge in [0.05, 0.1) is 0 Å².